The van der Waals surface area contributed by atoms with Gasteiger partial charge < -0.3 is 14.6 Å². The number of aliphatic hydroxyl groups is 1. The molecule has 4 nitrogen and oxygen atoms in total. The number of rotatable bonds is 52. The van der Waals surface area contributed by atoms with Gasteiger partial charge in [0.05, 0.1) is 13.2 Å². The van der Waals surface area contributed by atoms with Gasteiger partial charge in [-0.2, -0.15) is 0 Å². The molecule has 0 aliphatic carbocycles. The molecule has 0 saturated carbocycles. The summed E-state index contributed by atoms with van der Waals surface area (Å²) < 4.78 is 11.2. The van der Waals surface area contributed by atoms with Crippen LogP contribution in [0.1, 0.15) is 303 Å². The van der Waals surface area contributed by atoms with Crippen LogP contribution in [0.25, 0.3) is 0 Å². The quantitative estimate of drug-likeness (QED) is 0.0376. The number of carbonyl (C=O) groups excluding carboxylic acids is 1. The lowest BCUT2D eigenvalue weighted by molar-refractivity contribution is -0.154. The molecule has 0 amide bonds. The monoisotopic (exact) mass is 845 g/mol. The second-order valence-corrected chi connectivity index (χ2v) is 18.7. The fourth-order valence-corrected chi connectivity index (χ4v) is 8.42. The molecule has 0 heterocycles. The van der Waals surface area contributed by atoms with Gasteiger partial charge in [-0.25, -0.2) is 0 Å². The van der Waals surface area contributed by atoms with Gasteiger partial charge >= 0.3 is 5.97 Å². The third-order valence-corrected chi connectivity index (χ3v) is 12.5. The van der Waals surface area contributed by atoms with Crippen molar-refractivity contribution in [3.63, 3.8) is 0 Å². The molecule has 0 aliphatic rings. The maximum absolute atomic E-state index is 12.3. The van der Waals surface area contributed by atoms with E-state index >= 15 is 0 Å². The van der Waals surface area contributed by atoms with Gasteiger partial charge in [0.2, 0.25) is 0 Å². The fraction of sp³-hybridized carbons (Fsp3) is 0.911. The Morgan fingerprint density at radius 3 is 1.03 bits per heavy atom. The molecule has 0 aromatic heterocycles. The summed E-state index contributed by atoms with van der Waals surface area (Å²) in [4.78, 5) is 12.3. The minimum absolute atomic E-state index is 0.167. The maximum atomic E-state index is 12.3. The van der Waals surface area contributed by atoms with Crippen molar-refractivity contribution in [1.82, 2.24) is 0 Å². The molecule has 0 aliphatic heterocycles. The zero-order valence-electron chi connectivity index (χ0n) is 41.0. The minimum atomic E-state index is -0.532. The molecule has 1 unspecified atom stereocenters. The second kappa shape index (κ2) is 54.0. The zero-order chi connectivity index (χ0) is 43.3. The highest BCUT2D eigenvalue weighted by atomic mass is 16.6. The molecule has 0 radical (unpaired) electrons. The summed E-state index contributed by atoms with van der Waals surface area (Å²) in [5, 5.41) is 9.67. The molecular weight excluding hydrogens is 737 g/mol. The summed E-state index contributed by atoms with van der Waals surface area (Å²) in [7, 11) is 0. The van der Waals surface area contributed by atoms with Crippen LogP contribution in [0.15, 0.2) is 24.3 Å². The molecule has 0 rings (SSSR count). The summed E-state index contributed by atoms with van der Waals surface area (Å²) in [6, 6.07) is 0. The smallest absolute Gasteiger partial charge is 0.306 e. The molecule has 0 aromatic carbocycles. The molecule has 60 heavy (non-hydrogen) atoms. The first kappa shape index (κ1) is 58.9. The molecule has 0 bridgehead atoms. The van der Waals surface area contributed by atoms with Crippen LogP contribution in [0, 0.1) is 0 Å². The second-order valence-electron chi connectivity index (χ2n) is 18.7. The van der Waals surface area contributed by atoms with Crippen molar-refractivity contribution in [1.29, 1.82) is 0 Å². The number of hydrogen-bond donors (Lipinski definition) is 1. The van der Waals surface area contributed by atoms with Gasteiger partial charge in [0.1, 0.15) is 6.10 Å². The predicted octanol–water partition coefficient (Wildman–Crippen LogP) is 18.6. The van der Waals surface area contributed by atoms with Crippen molar-refractivity contribution in [3.8, 4) is 0 Å². The number of carbonyl (C=O) groups is 1. The number of ether oxygens (including phenoxy) is 2. The van der Waals surface area contributed by atoms with Gasteiger partial charge in [-0.1, -0.05) is 276 Å². The van der Waals surface area contributed by atoms with Crippen LogP contribution in [-0.2, 0) is 14.3 Å². The Morgan fingerprint density at radius 1 is 0.400 bits per heavy atom. The number of aliphatic hydroxyl groups excluding tert-OH is 1. The number of unbranched alkanes of at least 4 members (excludes halogenated alkanes) is 40. The largest absolute Gasteiger partial charge is 0.457 e. The molecule has 1 atom stereocenters. The van der Waals surface area contributed by atoms with E-state index in [1.807, 2.05) is 0 Å². The van der Waals surface area contributed by atoms with Gasteiger partial charge in [-0.05, 0) is 44.9 Å². The third-order valence-electron chi connectivity index (χ3n) is 12.5. The van der Waals surface area contributed by atoms with Crippen molar-refractivity contribution >= 4 is 5.97 Å². The Hall–Kier alpha value is -1.13. The van der Waals surface area contributed by atoms with E-state index in [0.29, 0.717) is 19.6 Å². The van der Waals surface area contributed by atoms with Crippen LogP contribution >= 0.6 is 0 Å². The highest BCUT2D eigenvalue weighted by Crippen LogP contribution is 2.17. The van der Waals surface area contributed by atoms with E-state index in [-0.39, 0.29) is 12.6 Å². The number of hydrogen-bond acceptors (Lipinski definition) is 4. The first-order valence-corrected chi connectivity index (χ1v) is 27.4. The molecule has 0 saturated heterocycles. The van der Waals surface area contributed by atoms with Crippen molar-refractivity contribution in [3.05, 3.63) is 24.3 Å². The van der Waals surface area contributed by atoms with E-state index in [1.54, 1.807) is 0 Å². The maximum Gasteiger partial charge on any atom is 0.306 e. The summed E-state index contributed by atoms with van der Waals surface area (Å²) in [6.45, 7) is 5.39. The first-order chi connectivity index (χ1) is 29.7. The van der Waals surface area contributed by atoms with Gasteiger partial charge in [-0.3, -0.25) is 4.79 Å². The lowest BCUT2D eigenvalue weighted by Crippen LogP contribution is -2.27. The first-order valence-electron chi connectivity index (χ1n) is 27.4. The average Bonchev–Trinajstić information content (AvgIpc) is 3.25. The van der Waals surface area contributed by atoms with Crippen molar-refractivity contribution in [2.75, 3.05) is 19.8 Å². The lowest BCUT2D eigenvalue weighted by Gasteiger charge is -2.16. The Labute approximate surface area is 377 Å². The summed E-state index contributed by atoms with van der Waals surface area (Å²) in [6.07, 6.45) is 68.6. The van der Waals surface area contributed by atoms with E-state index in [1.165, 1.54) is 257 Å². The molecule has 0 fully saturated rings. The lowest BCUT2D eigenvalue weighted by atomic mass is 10.0. The Morgan fingerprint density at radius 2 is 0.700 bits per heavy atom. The van der Waals surface area contributed by atoms with Crippen LogP contribution in [0.2, 0.25) is 0 Å². The number of allylic oxidation sites excluding steroid dienone is 4. The average molecular weight is 845 g/mol. The van der Waals surface area contributed by atoms with E-state index < -0.39 is 6.10 Å². The molecule has 1 N–H and O–H groups in total. The standard InChI is InChI=1S/C56H108O4/c1-3-5-7-9-11-13-15-17-19-21-23-25-27-29-31-33-35-37-39-41-43-45-47-49-51-56(58)60-55(53-57)54-59-52-50-48-46-44-42-40-38-36-34-32-30-28-26-24-22-20-18-16-14-12-10-8-6-4-2/h16,18,22,24,55,57H,3-15,17,19-21,23,25-54H2,1-2H3/b18-16-,24-22-. The highest BCUT2D eigenvalue weighted by Gasteiger charge is 2.13. The fourth-order valence-electron chi connectivity index (χ4n) is 8.42. The minimum Gasteiger partial charge on any atom is -0.457 e. The van der Waals surface area contributed by atoms with Crippen molar-refractivity contribution in [2.45, 2.75) is 309 Å². The Bertz CT molecular complexity index is 852. The molecule has 0 aromatic rings. The van der Waals surface area contributed by atoms with Crippen LogP contribution in [0.5, 0.6) is 0 Å². The van der Waals surface area contributed by atoms with Gasteiger partial charge in [-0.15, -0.1) is 0 Å². The third kappa shape index (κ3) is 51.2. The normalized spacial score (nSPS) is 12.4. The SMILES string of the molecule is CCCCCCC/C=C\C/C=C\CCCCCCCCCCCCCCOCC(CO)OC(=O)CCCCCCCCCCCCCCCCCCCCCCCCCC. The van der Waals surface area contributed by atoms with E-state index in [0.717, 1.165) is 25.7 Å². The van der Waals surface area contributed by atoms with Crippen LogP contribution in [0.4, 0.5) is 0 Å². The highest BCUT2D eigenvalue weighted by molar-refractivity contribution is 5.69. The predicted molar refractivity (Wildman–Crippen MR) is 265 cm³/mol. The van der Waals surface area contributed by atoms with Crippen LogP contribution in [0.3, 0.4) is 0 Å². The Balaban J connectivity index is 3.35. The van der Waals surface area contributed by atoms with Crippen LogP contribution < -0.4 is 0 Å². The van der Waals surface area contributed by atoms with Gasteiger partial charge in [0.25, 0.3) is 0 Å². The van der Waals surface area contributed by atoms with Gasteiger partial charge in [0, 0.05) is 13.0 Å². The van der Waals surface area contributed by atoms with Crippen LogP contribution in [-0.4, -0.2) is 37.0 Å². The molecular formula is C56H108O4. The summed E-state index contributed by atoms with van der Waals surface area (Å²) in [5.41, 5.74) is 0. The molecule has 356 valence electrons. The van der Waals surface area contributed by atoms with E-state index in [4.69, 9.17) is 9.47 Å². The van der Waals surface area contributed by atoms with Crippen molar-refractivity contribution in [2.24, 2.45) is 0 Å². The molecule has 4 heteroatoms. The Kier molecular flexibility index (Phi) is 53.0. The topological polar surface area (TPSA) is 55.8 Å². The zero-order valence-corrected chi connectivity index (χ0v) is 41.0. The summed E-state index contributed by atoms with van der Waals surface area (Å²) in [5.74, 6) is -0.193. The molecule has 0 spiro atoms. The van der Waals surface area contributed by atoms with E-state index in [2.05, 4.69) is 38.2 Å². The number of esters is 1. The van der Waals surface area contributed by atoms with E-state index in [9.17, 15) is 9.90 Å². The van der Waals surface area contributed by atoms with Crippen molar-refractivity contribution < 1.29 is 19.4 Å². The summed E-state index contributed by atoms with van der Waals surface area (Å²) >= 11 is 0. The van der Waals surface area contributed by atoms with Gasteiger partial charge in [0.15, 0.2) is 0 Å².